The molecule has 0 aliphatic heterocycles. The summed E-state index contributed by atoms with van der Waals surface area (Å²) in [6.07, 6.45) is 10.3. The molecule has 2 aliphatic carbocycles. The highest BCUT2D eigenvalue weighted by Crippen LogP contribution is 2.42. The number of halogens is 1. The highest BCUT2D eigenvalue weighted by Gasteiger charge is 2.43. The lowest BCUT2D eigenvalue weighted by atomic mass is 9.68. The zero-order valence-electron chi connectivity index (χ0n) is 17.0. The minimum atomic E-state index is -0.554. The lowest BCUT2D eigenvalue weighted by molar-refractivity contribution is -0.117. The maximum absolute atomic E-state index is 13.1. The summed E-state index contributed by atoms with van der Waals surface area (Å²) < 4.78 is 19.2. The van der Waals surface area contributed by atoms with Gasteiger partial charge >= 0.3 is 0 Å². The van der Waals surface area contributed by atoms with Crippen molar-refractivity contribution < 1.29 is 14.2 Å². The van der Waals surface area contributed by atoms with Crippen molar-refractivity contribution in [2.75, 3.05) is 20.6 Å². The van der Waals surface area contributed by atoms with E-state index in [1.807, 2.05) is 0 Å². The molecule has 1 aromatic rings. The molecular formula is C23H36FNO2. The quantitative estimate of drug-likeness (QED) is 0.743. The summed E-state index contributed by atoms with van der Waals surface area (Å²) >= 11 is 0. The first-order valence-electron chi connectivity index (χ1n) is 10.7. The SMILES string of the molecule is CN(C)CC1CC(OCc2ccc(F)cc2)CCC1(O)CC1CCCCC1. The van der Waals surface area contributed by atoms with Crippen LogP contribution < -0.4 is 0 Å². The van der Waals surface area contributed by atoms with Gasteiger partial charge in [0, 0.05) is 12.5 Å². The van der Waals surface area contributed by atoms with Gasteiger partial charge in [-0.3, -0.25) is 0 Å². The Kier molecular flexibility index (Phi) is 7.29. The third kappa shape index (κ3) is 6.00. The van der Waals surface area contributed by atoms with Crippen molar-refractivity contribution in [2.24, 2.45) is 11.8 Å². The molecule has 1 aromatic carbocycles. The molecule has 3 rings (SSSR count). The smallest absolute Gasteiger partial charge is 0.123 e. The van der Waals surface area contributed by atoms with E-state index in [1.54, 1.807) is 12.1 Å². The minimum Gasteiger partial charge on any atom is -0.390 e. The van der Waals surface area contributed by atoms with Crippen molar-refractivity contribution in [3.05, 3.63) is 35.6 Å². The fourth-order valence-electron chi connectivity index (χ4n) is 5.06. The Hall–Kier alpha value is -0.970. The molecule has 2 fully saturated rings. The number of rotatable bonds is 7. The van der Waals surface area contributed by atoms with Crippen LogP contribution in [0, 0.1) is 17.7 Å². The molecule has 3 unspecified atom stereocenters. The van der Waals surface area contributed by atoms with Gasteiger partial charge in [0.15, 0.2) is 0 Å². The van der Waals surface area contributed by atoms with Gasteiger partial charge in [0.25, 0.3) is 0 Å². The predicted molar refractivity (Wildman–Crippen MR) is 107 cm³/mol. The van der Waals surface area contributed by atoms with Gasteiger partial charge in [0.1, 0.15) is 5.82 Å². The van der Waals surface area contributed by atoms with E-state index in [9.17, 15) is 9.50 Å². The lowest BCUT2D eigenvalue weighted by Crippen LogP contribution is -2.50. The average molecular weight is 378 g/mol. The molecule has 4 heteroatoms. The minimum absolute atomic E-state index is 0.173. The lowest BCUT2D eigenvalue weighted by Gasteiger charge is -2.46. The van der Waals surface area contributed by atoms with Gasteiger partial charge in [0.2, 0.25) is 0 Å². The second kappa shape index (κ2) is 9.49. The van der Waals surface area contributed by atoms with Crippen LogP contribution in [0.5, 0.6) is 0 Å². The monoisotopic (exact) mass is 377 g/mol. The Labute approximate surface area is 163 Å². The van der Waals surface area contributed by atoms with Gasteiger partial charge < -0.3 is 14.7 Å². The zero-order chi connectivity index (χ0) is 19.3. The zero-order valence-corrected chi connectivity index (χ0v) is 17.0. The van der Waals surface area contributed by atoms with E-state index in [-0.39, 0.29) is 17.8 Å². The molecule has 27 heavy (non-hydrogen) atoms. The summed E-state index contributed by atoms with van der Waals surface area (Å²) in [4.78, 5) is 2.19. The van der Waals surface area contributed by atoms with Crippen molar-refractivity contribution in [1.82, 2.24) is 4.90 Å². The Balaban J connectivity index is 1.58. The van der Waals surface area contributed by atoms with Crippen molar-refractivity contribution in [2.45, 2.75) is 76.1 Å². The molecule has 2 saturated carbocycles. The van der Waals surface area contributed by atoms with E-state index in [0.717, 1.165) is 37.8 Å². The van der Waals surface area contributed by atoms with Crippen LogP contribution >= 0.6 is 0 Å². The van der Waals surface area contributed by atoms with Crippen LogP contribution in [0.15, 0.2) is 24.3 Å². The van der Waals surface area contributed by atoms with Crippen LogP contribution in [0.4, 0.5) is 4.39 Å². The summed E-state index contributed by atoms with van der Waals surface area (Å²) in [5, 5.41) is 11.5. The van der Waals surface area contributed by atoms with Gasteiger partial charge in [-0.05, 0) is 63.4 Å². The first-order valence-corrected chi connectivity index (χ1v) is 10.7. The topological polar surface area (TPSA) is 32.7 Å². The van der Waals surface area contributed by atoms with Gasteiger partial charge in [-0.2, -0.15) is 0 Å². The summed E-state index contributed by atoms with van der Waals surface area (Å²) in [5.41, 5.74) is 0.450. The van der Waals surface area contributed by atoms with E-state index in [0.29, 0.717) is 12.5 Å². The molecule has 0 radical (unpaired) electrons. The normalized spacial score (nSPS) is 30.0. The van der Waals surface area contributed by atoms with Crippen molar-refractivity contribution in [1.29, 1.82) is 0 Å². The number of ether oxygens (including phenoxy) is 1. The van der Waals surface area contributed by atoms with Crippen LogP contribution in [-0.4, -0.2) is 42.4 Å². The fourth-order valence-corrected chi connectivity index (χ4v) is 5.06. The van der Waals surface area contributed by atoms with Crippen molar-refractivity contribution >= 4 is 0 Å². The first-order chi connectivity index (χ1) is 12.9. The number of benzene rings is 1. The van der Waals surface area contributed by atoms with Gasteiger partial charge in [0.05, 0.1) is 18.3 Å². The molecule has 0 spiro atoms. The molecule has 0 aromatic heterocycles. The summed E-state index contributed by atoms with van der Waals surface area (Å²) in [5.74, 6) is 0.724. The average Bonchev–Trinajstić information content (AvgIpc) is 2.64. The van der Waals surface area contributed by atoms with Gasteiger partial charge in [-0.1, -0.05) is 44.2 Å². The molecule has 3 atom stereocenters. The number of hydrogen-bond donors (Lipinski definition) is 1. The summed E-state index contributed by atoms with van der Waals surface area (Å²) in [6.45, 7) is 1.42. The van der Waals surface area contributed by atoms with E-state index in [1.165, 1.54) is 44.2 Å². The maximum atomic E-state index is 13.1. The maximum Gasteiger partial charge on any atom is 0.123 e. The highest BCUT2D eigenvalue weighted by molar-refractivity contribution is 5.15. The third-order valence-electron chi connectivity index (χ3n) is 6.56. The van der Waals surface area contributed by atoms with Gasteiger partial charge in [-0.25, -0.2) is 4.39 Å². The highest BCUT2D eigenvalue weighted by atomic mass is 19.1. The Morgan fingerprint density at radius 2 is 1.81 bits per heavy atom. The predicted octanol–water partition coefficient (Wildman–Crippen LogP) is 4.77. The molecule has 0 saturated heterocycles. The van der Waals surface area contributed by atoms with Crippen molar-refractivity contribution in [3.63, 3.8) is 0 Å². The molecule has 2 aliphatic rings. The Morgan fingerprint density at radius 3 is 2.48 bits per heavy atom. The molecule has 0 amide bonds. The fraction of sp³-hybridized carbons (Fsp3) is 0.739. The van der Waals surface area contributed by atoms with E-state index in [2.05, 4.69) is 19.0 Å². The van der Waals surface area contributed by atoms with E-state index >= 15 is 0 Å². The largest absolute Gasteiger partial charge is 0.390 e. The molecule has 0 bridgehead atoms. The molecular weight excluding hydrogens is 341 g/mol. The van der Waals surface area contributed by atoms with Gasteiger partial charge in [-0.15, -0.1) is 0 Å². The second-order valence-electron chi connectivity index (χ2n) is 9.10. The van der Waals surface area contributed by atoms with Crippen LogP contribution in [0.1, 0.15) is 63.4 Å². The second-order valence-corrected chi connectivity index (χ2v) is 9.10. The third-order valence-corrected chi connectivity index (χ3v) is 6.56. The van der Waals surface area contributed by atoms with Crippen LogP contribution in [-0.2, 0) is 11.3 Å². The van der Waals surface area contributed by atoms with Crippen molar-refractivity contribution in [3.8, 4) is 0 Å². The van der Waals surface area contributed by atoms with Crippen LogP contribution in [0.25, 0.3) is 0 Å². The first kappa shape index (κ1) is 20.8. The summed E-state index contributed by atoms with van der Waals surface area (Å²) in [7, 11) is 4.17. The molecule has 3 nitrogen and oxygen atoms in total. The number of nitrogens with zero attached hydrogens (tertiary/aromatic N) is 1. The summed E-state index contributed by atoms with van der Waals surface area (Å²) in [6, 6.07) is 6.54. The Morgan fingerprint density at radius 1 is 1.11 bits per heavy atom. The molecule has 0 heterocycles. The number of hydrogen-bond acceptors (Lipinski definition) is 3. The van der Waals surface area contributed by atoms with Crippen LogP contribution in [0.2, 0.25) is 0 Å². The molecule has 152 valence electrons. The van der Waals surface area contributed by atoms with Crippen LogP contribution in [0.3, 0.4) is 0 Å². The number of aliphatic hydroxyl groups is 1. The van der Waals surface area contributed by atoms with E-state index < -0.39 is 5.60 Å². The standard InChI is InChI=1S/C23H36FNO2/c1-25(2)16-20-14-22(27-17-19-8-10-21(24)11-9-19)12-13-23(20,26)15-18-6-4-3-5-7-18/h8-11,18,20,22,26H,3-7,12-17H2,1-2H3. The van der Waals surface area contributed by atoms with E-state index in [4.69, 9.17) is 4.74 Å². The Bertz CT molecular complexity index is 570. The molecule has 1 N–H and O–H groups in total.